The summed E-state index contributed by atoms with van der Waals surface area (Å²) in [6.45, 7) is 5.95. The normalized spacial score (nSPS) is 12.7. The third-order valence-corrected chi connectivity index (χ3v) is 3.42. The molecule has 1 unspecified atom stereocenters. The molecule has 1 rings (SSSR count). The van der Waals surface area contributed by atoms with Crippen LogP contribution in [0.15, 0.2) is 30.3 Å². The first-order chi connectivity index (χ1) is 10.2. The van der Waals surface area contributed by atoms with Gasteiger partial charge in [0.05, 0.1) is 0 Å². The maximum atomic E-state index is 11.5. The van der Waals surface area contributed by atoms with E-state index in [1.807, 2.05) is 51.1 Å². The zero-order chi connectivity index (χ0) is 16.8. The third-order valence-electron chi connectivity index (χ3n) is 3.42. The van der Waals surface area contributed by atoms with Gasteiger partial charge in [-0.25, -0.2) is 9.59 Å². The van der Waals surface area contributed by atoms with Gasteiger partial charge < -0.3 is 10.2 Å². The molecule has 1 atom stereocenters. The summed E-state index contributed by atoms with van der Waals surface area (Å²) in [5.74, 6) is -1.09. The average Bonchev–Trinajstić information content (AvgIpc) is 2.41. The van der Waals surface area contributed by atoms with E-state index in [2.05, 4.69) is 0 Å². The molecule has 0 saturated heterocycles. The molecule has 2 N–H and O–H groups in total. The number of rotatable bonds is 7. The first kappa shape index (κ1) is 18.0. The minimum Gasteiger partial charge on any atom is -0.480 e. The van der Waals surface area contributed by atoms with Gasteiger partial charge in [-0.3, -0.25) is 4.90 Å². The minimum atomic E-state index is -1.18. The number of carboxylic acids is 1. The van der Waals surface area contributed by atoms with E-state index in [1.54, 1.807) is 0 Å². The predicted molar refractivity (Wildman–Crippen MR) is 85.0 cm³/mol. The Morgan fingerprint density at radius 2 is 1.73 bits per heavy atom. The fourth-order valence-corrected chi connectivity index (χ4v) is 2.39. The van der Waals surface area contributed by atoms with Crippen LogP contribution in [0.25, 0.3) is 0 Å². The Labute approximate surface area is 131 Å². The summed E-state index contributed by atoms with van der Waals surface area (Å²) in [4.78, 5) is 23.9. The van der Waals surface area contributed by atoms with Crippen LogP contribution in [0, 0.1) is 5.41 Å². The number of aliphatic carboxylic acids is 1. The lowest BCUT2D eigenvalue weighted by Crippen LogP contribution is -2.46. The lowest BCUT2D eigenvalue weighted by atomic mass is 9.87. The lowest BCUT2D eigenvalue weighted by molar-refractivity contribution is -0.143. The molecule has 5 heteroatoms. The van der Waals surface area contributed by atoms with E-state index < -0.39 is 18.1 Å². The molecular formula is C17H25NO4. The van der Waals surface area contributed by atoms with Crippen LogP contribution in [0.2, 0.25) is 0 Å². The van der Waals surface area contributed by atoms with E-state index in [4.69, 9.17) is 0 Å². The van der Waals surface area contributed by atoms with Crippen LogP contribution in [0.1, 0.15) is 39.2 Å². The van der Waals surface area contributed by atoms with Gasteiger partial charge in [-0.2, -0.15) is 0 Å². The van der Waals surface area contributed by atoms with Gasteiger partial charge in [0.1, 0.15) is 6.04 Å². The quantitative estimate of drug-likeness (QED) is 0.808. The van der Waals surface area contributed by atoms with Crippen LogP contribution < -0.4 is 0 Å². The largest absolute Gasteiger partial charge is 0.480 e. The van der Waals surface area contributed by atoms with Gasteiger partial charge in [-0.1, -0.05) is 51.1 Å². The Balaban J connectivity index is 2.70. The Morgan fingerprint density at radius 3 is 2.18 bits per heavy atom. The maximum absolute atomic E-state index is 11.5. The van der Waals surface area contributed by atoms with Crippen molar-refractivity contribution in [1.29, 1.82) is 0 Å². The van der Waals surface area contributed by atoms with Crippen molar-refractivity contribution in [2.75, 3.05) is 6.54 Å². The molecule has 22 heavy (non-hydrogen) atoms. The average molecular weight is 307 g/mol. The zero-order valence-corrected chi connectivity index (χ0v) is 13.5. The number of hydrogen-bond donors (Lipinski definition) is 2. The highest BCUT2D eigenvalue weighted by Gasteiger charge is 2.32. The first-order valence-corrected chi connectivity index (χ1v) is 7.47. The standard InChI is InChI=1S/C17H25NO4/c1-17(2,3)12-14(15(19)20)18(16(21)22)11-7-10-13-8-5-4-6-9-13/h4-6,8-9,14H,7,10-12H2,1-3H3,(H,19,20)(H,21,22). The number of amides is 1. The van der Waals surface area contributed by atoms with E-state index >= 15 is 0 Å². The molecule has 0 aromatic heterocycles. The fourth-order valence-electron chi connectivity index (χ4n) is 2.39. The molecular weight excluding hydrogens is 282 g/mol. The maximum Gasteiger partial charge on any atom is 0.408 e. The SMILES string of the molecule is CC(C)(C)CC(C(=O)O)N(CCCc1ccccc1)C(=O)O. The molecule has 1 aromatic carbocycles. The number of carboxylic acid groups (broad SMARTS) is 2. The zero-order valence-electron chi connectivity index (χ0n) is 13.5. The van der Waals surface area contributed by atoms with Gasteiger partial charge in [0.2, 0.25) is 0 Å². The molecule has 0 fully saturated rings. The Kier molecular flexibility index (Phi) is 6.40. The summed E-state index contributed by atoms with van der Waals surface area (Å²) in [6, 6.07) is 8.75. The molecule has 0 radical (unpaired) electrons. The summed E-state index contributed by atoms with van der Waals surface area (Å²) in [7, 11) is 0. The monoisotopic (exact) mass is 307 g/mol. The second-order valence-electron chi connectivity index (χ2n) is 6.68. The lowest BCUT2D eigenvalue weighted by Gasteiger charge is -2.31. The number of hydrogen-bond acceptors (Lipinski definition) is 2. The van der Waals surface area contributed by atoms with Gasteiger partial charge >= 0.3 is 12.1 Å². The summed E-state index contributed by atoms with van der Waals surface area (Å²) in [6.07, 6.45) is 0.446. The second kappa shape index (κ2) is 7.82. The predicted octanol–water partition coefficient (Wildman–Crippen LogP) is 3.49. The van der Waals surface area contributed by atoms with Crippen molar-refractivity contribution >= 4 is 12.1 Å². The number of nitrogens with zero attached hydrogens (tertiary/aromatic N) is 1. The van der Waals surface area contributed by atoms with Gasteiger partial charge in [-0.15, -0.1) is 0 Å². The van der Waals surface area contributed by atoms with E-state index in [0.29, 0.717) is 12.8 Å². The van der Waals surface area contributed by atoms with Crippen molar-refractivity contribution < 1.29 is 19.8 Å². The summed E-state index contributed by atoms with van der Waals surface area (Å²) >= 11 is 0. The third kappa shape index (κ3) is 6.16. The van der Waals surface area contributed by atoms with Crippen LogP contribution in [-0.4, -0.2) is 39.8 Å². The highest BCUT2D eigenvalue weighted by molar-refractivity contribution is 5.79. The fraction of sp³-hybridized carbons (Fsp3) is 0.529. The number of carbonyl (C=O) groups is 2. The topological polar surface area (TPSA) is 77.8 Å². The van der Waals surface area contributed by atoms with Crippen molar-refractivity contribution in [2.45, 2.75) is 46.1 Å². The molecule has 0 heterocycles. The smallest absolute Gasteiger partial charge is 0.408 e. The van der Waals surface area contributed by atoms with Crippen molar-refractivity contribution in [2.24, 2.45) is 5.41 Å². The summed E-state index contributed by atoms with van der Waals surface area (Å²) in [5.41, 5.74) is 0.867. The minimum absolute atomic E-state index is 0.220. The second-order valence-corrected chi connectivity index (χ2v) is 6.68. The first-order valence-electron chi connectivity index (χ1n) is 7.47. The van der Waals surface area contributed by atoms with Crippen molar-refractivity contribution in [3.63, 3.8) is 0 Å². The molecule has 0 aliphatic rings. The van der Waals surface area contributed by atoms with Crippen molar-refractivity contribution in [3.8, 4) is 0 Å². The Hall–Kier alpha value is -2.04. The van der Waals surface area contributed by atoms with Gasteiger partial charge in [0, 0.05) is 6.54 Å². The molecule has 0 spiro atoms. The molecule has 1 amide bonds. The number of benzene rings is 1. The van der Waals surface area contributed by atoms with E-state index in [-0.39, 0.29) is 12.0 Å². The van der Waals surface area contributed by atoms with E-state index in [9.17, 15) is 19.8 Å². The molecule has 122 valence electrons. The van der Waals surface area contributed by atoms with Crippen LogP contribution in [0.4, 0.5) is 4.79 Å². The van der Waals surface area contributed by atoms with Gasteiger partial charge in [-0.05, 0) is 30.2 Å². The Bertz CT molecular complexity index is 493. The molecule has 0 aliphatic carbocycles. The molecule has 5 nitrogen and oxygen atoms in total. The summed E-state index contributed by atoms with van der Waals surface area (Å²) in [5, 5.41) is 18.7. The molecule has 1 aromatic rings. The van der Waals surface area contributed by atoms with Crippen molar-refractivity contribution in [1.82, 2.24) is 4.90 Å². The van der Waals surface area contributed by atoms with E-state index in [0.717, 1.165) is 16.9 Å². The molecule has 0 bridgehead atoms. The van der Waals surface area contributed by atoms with Gasteiger partial charge in [0.15, 0.2) is 0 Å². The van der Waals surface area contributed by atoms with Crippen LogP contribution in [0.5, 0.6) is 0 Å². The number of aryl methyl sites for hydroxylation is 1. The molecule has 0 saturated carbocycles. The Morgan fingerprint density at radius 1 is 1.14 bits per heavy atom. The molecule has 0 aliphatic heterocycles. The van der Waals surface area contributed by atoms with Gasteiger partial charge in [0.25, 0.3) is 0 Å². The van der Waals surface area contributed by atoms with Crippen LogP contribution in [-0.2, 0) is 11.2 Å². The summed E-state index contributed by atoms with van der Waals surface area (Å²) < 4.78 is 0. The van der Waals surface area contributed by atoms with Crippen LogP contribution in [0.3, 0.4) is 0 Å². The highest BCUT2D eigenvalue weighted by Crippen LogP contribution is 2.24. The van der Waals surface area contributed by atoms with E-state index in [1.165, 1.54) is 0 Å². The van der Waals surface area contributed by atoms with Crippen molar-refractivity contribution in [3.05, 3.63) is 35.9 Å². The highest BCUT2D eigenvalue weighted by atomic mass is 16.4. The van der Waals surface area contributed by atoms with Crippen LogP contribution >= 0.6 is 0 Å².